The number of aromatic nitrogens is 1. The van der Waals surface area contributed by atoms with Gasteiger partial charge in [0, 0.05) is 18.3 Å². The largest absolute Gasteiger partial charge is 0.306 e. The van der Waals surface area contributed by atoms with Crippen LogP contribution in [0.25, 0.3) is 0 Å². The zero-order valence-electron chi connectivity index (χ0n) is 11.3. The van der Waals surface area contributed by atoms with Gasteiger partial charge in [0.1, 0.15) is 0 Å². The van der Waals surface area contributed by atoms with Crippen LogP contribution >= 0.6 is 22.9 Å². The maximum atomic E-state index is 5.73. The van der Waals surface area contributed by atoms with Crippen LogP contribution in [0.15, 0.2) is 5.38 Å². The minimum absolute atomic E-state index is 0.377. The second kappa shape index (κ2) is 6.72. The van der Waals surface area contributed by atoms with Crippen LogP contribution in [0.5, 0.6) is 0 Å². The Morgan fingerprint density at radius 1 is 1.41 bits per heavy atom. The van der Waals surface area contributed by atoms with Crippen molar-refractivity contribution in [1.29, 1.82) is 0 Å². The van der Waals surface area contributed by atoms with Gasteiger partial charge in [-0.2, -0.15) is 0 Å². The molecule has 0 aliphatic heterocycles. The summed E-state index contributed by atoms with van der Waals surface area (Å²) in [7, 11) is 2.19. The van der Waals surface area contributed by atoms with Gasteiger partial charge >= 0.3 is 0 Å². The third-order valence-electron chi connectivity index (χ3n) is 2.41. The molecule has 0 N–H and O–H groups in total. The van der Waals surface area contributed by atoms with Crippen molar-refractivity contribution in [2.75, 3.05) is 20.1 Å². The van der Waals surface area contributed by atoms with Crippen LogP contribution in [-0.4, -0.2) is 30.0 Å². The highest BCUT2D eigenvalue weighted by atomic mass is 35.5. The van der Waals surface area contributed by atoms with Crippen LogP contribution < -0.4 is 0 Å². The maximum absolute atomic E-state index is 5.73. The second-order valence-electron chi connectivity index (χ2n) is 5.77. The van der Waals surface area contributed by atoms with Crippen molar-refractivity contribution in [1.82, 2.24) is 9.88 Å². The fourth-order valence-electron chi connectivity index (χ4n) is 1.91. The normalized spacial score (nSPS) is 12.4. The quantitative estimate of drug-likeness (QED) is 0.734. The van der Waals surface area contributed by atoms with Crippen LogP contribution in [0.2, 0.25) is 0 Å². The van der Waals surface area contributed by atoms with Crippen LogP contribution in [-0.2, 0) is 12.3 Å². The zero-order chi connectivity index (χ0) is 12.9. The molecule has 0 unspecified atom stereocenters. The van der Waals surface area contributed by atoms with E-state index in [1.165, 1.54) is 11.4 Å². The molecule has 1 rings (SSSR count). The van der Waals surface area contributed by atoms with Crippen LogP contribution in [0.1, 0.15) is 37.9 Å². The SMILES string of the molecule is CN(CCCc1nc(CCl)cs1)CC(C)(C)C. The molecule has 0 aliphatic carbocycles. The molecule has 98 valence electrons. The number of aryl methyl sites for hydroxylation is 1. The van der Waals surface area contributed by atoms with Crippen molar-refractivity contribution >= 4 is 22.9 Å². The third kappa shape index (κ3) is 6.39. The Labute approximate surface area is 114 Å². The molecular formula is C13H23ClN2S. The van der Waals surface area contributed by atoms with Crippen LogP contribution in [0.4, 0.5) is 0 Å². The highest BCUT2D eigenvalue weighted by Crippen LogP contribution is 2.16. The van der Waals surface area contributed by atoms with Crippen molar-refractivity contribution in [2.24, 2.45) is 5.41 Å². The molecule has 0 radical (unpaired) electrons. The Morgan fingerprint density at radius 3 is 2.65 bits per heavy atom. The number of alkyl halides is 1. The summed E-state index contributed by atoms with van der Waals surface area (Å²) in [6.45, 7) is 9.09. The second-order valence-corrected chi connectivity index (χ2v) is 6.98. The standard InChI is InChI=1S/C13H23ClN2S/c1-13(2,3)10-16(4)7-5-6-12-15-11(8-14)9-17-12/h9H,5-8,10H2,1-4H3. The molecule has 0 aromatic carbocycles. The highest BCUT2D eigenvalue weighted by Gasteiger charge is 2.13. The van der Waals surface area contributed by atoms with Crippen molar-refractivity contribution in [3.63, 3.8) is 0 Å². The molecule has 4 heteroatoms. The number of thiazole rings is 1. The first kappa shape index (κ1) is 14.9. The lowest BCUT2D eigenvalue weighted by Gasteiger charge is -2.26. The Bertz CT molecular complexity index is 330. The summed E-state index contributed by atoms with van der Waals surface area (Å²) in [4.78, 5) is 6.87. The zero-order valence-corrected chi connectivity index (χ0v) is 12.9. The van der Waals surface area contributed by atoms with E-state index in [1.54, 1.807) is 11.3 Å². The van der Waals surface area contributed by atoms with E-state index in [0.717, 1.165) is 25.2 Å². The number of hydrogen-bond acceptors (Lipinski definition) is 3. The first-order valence-electron chi connectivity index (χ1n) is 6.08. The van der Waals surface area contributed by atoms with Gasteiger partial charge in [0.25, 0.3) is 0 Å². The highest BCUT2D eigenvalue weighted by molar-refractivity contribution is 7.09. The van der Waals surface area contributed by atoms with E-state index >= 15 is 0 Å². The summed E-state index contributed by atoms with van der Waals surface area (Å²) in [5, 5.41) is 3.27. The number of hydrogen-bond donors (Lipinski definition) is 0. The monoisotopic (exact) mass is 274 g/mol. The maximum Gasteiger partial charge on any atom is 0.0929 e. The van der Waals surface area contributed by atoms with Gasteiger partial charge in [-0.25, -0.2) is 4.98 Å². The molecule has 1 aromatic heterocycles. The van der Waals surface area contributed by atoms with Gasteiger partial charge in [0.05, 0.1) is 16.6 Å². The van der Waals surface area contributed by atoms with Gasteiger partial charge in [-0.05, 0) is 25.4 Å². The molecule has 0 fully saturated rings. The predicted molar refractivity (Wildman–Crippen MR) is 76.9 cm³/mol. The fourth-order valence-corrected chi connectivity index (χ4v) is 2.98. The molecule has 0 spiro atoms. The smallest absolute Gasteiger partial charge is 0.0929 e. The first-order valence-corrected chi connectivity index (χ1v) is 7.50. The lowest BCUT2D eigenvalue weighted by molar-refractivity contribution is 0.225. The molecule has 1 aromatic rings. The molecule has 0 aliphatic rings. The van der Waals surface area contributed by atoms with E-state index in [0.29, 0.717) is 11.3 Å². The Hall–Kier alpha value is -0.120. The first-order chi connectivity index (χ1) is 7.90. The molecule has 0 atom stereocenters. The molecule has 0 bridgehead atoms. The van der Waals surface area contributed by atoms with Gasteiger partial charge in [-0.1, -0.05) is 20.8 Å². The minimum atomic E-state index is 0.377. The summed E-state index contributed by atoms with van der Waals surface area (Å²) in [5.74, 6) is 0.528. The molecule has 0 saturated heterocycles. The summed E-state index contributed by atoms with van der Waals surface area (Å²) in [6, 6.07) is 0. The minimum Gasteiger partial charge on any atom is -0.306 e. The van der Waals surface area contributed by atoms with E-state index in [1.807, 2.05) is 0 Å². The van der Waals surface area contributed by atoms with Crippen molar-refractivity contribution < 1.29 is 0 Å². The lowest BCUT2D eigenvalue weighted by atomic mass is 9.96. The van der Waals surface area contributed by atoms with Gasteiger partial charge in [0.2, 0.25) is 0 Å². The van der Waals surface area contributed by atoms with Gasteiger partial charge in [-0.15, -0.1) is 22.9 Å². The van der Waals surface area contributed by atoms with E-state index in [-0.39, 0.29) is 0 Å². The summed E-state index contributed by atoms with van der Waals surface area (Å²) in [5.41, 5.74) is 1.39. The predicted octanol–water partition coefficient (Wildman–Crippen LogP) is 3.79. The molecule has 0 saturated carbocycles. The van der Waals surface area contributed by atoms with Crippen molar-refractivity contribution in [3.8, 4) is 0 Å². The van der Waals surface area contributed by atoms with Gasteiger partial charge in [-0.3, -0.25) is 0 Å². The summed E-state index contributed by atoms with van der Waals surface area (Å²) < 4.78 is 0. The van der Waals surface area contributed by atoms with Crippen molar-refractivity contribution in [3.05, 3.63) is 16.1 Å². The van der Waals surface area contributed by atoms with Gasteiger partial charge in [0.15, 0.2) is 0 Å². The molecule has 0 amide bonds. The Morgan fingerprint density at radius 2 is 2.12 bits per heavy atom. The average molecular weight is 275 g/mol. The fraction of sp³-hybridized carbons (Fsp3) is 0.769. The Kier molecular flexibility index (Phi) is 5.90. The molecule has 1 heterocycles. The van der Waals surface area contributed by atoms with E-state index in [2.05, 4.69) is 43.1 Å². The number of nitrogens with zero attached hydrogens (tertiary/aromatic N) is 2. The number of halogens is 1. The van der Waals surface area contributed by atoms with E-state index in [4.69, 9.17) is 11.6 Å². The van der Waals surface area contributed by atoms with E-state index < -0.39 is 0 Å². The topological polar surface area (TPSA) is 16.1 Å². The third-order valence-corrected chi connectivity index (χ3v) is 3.64. The average Bonchev–Trinajstić information content (AvgIpc) is 2.63. The molecular weight excluding hydrogens is 252 g/mol. The Balaban J connectivity index is 2.23. The van der Waals surface area contributed by atoms with Crippen molar-refractivity contribution in [2.45, 2.75) is 39.5 Å². The van der Waals surface area contributed by atoms with Crippen LogP contribution in [0, 0.1) is 5.41 Å². The number of rotatable bonds is 6. The van der Waals surface area contributed by atoms with Crippen LogP contribution in [0.3, 0.4) is 0 Å². The summed E-state index contributed by atoms with van der Waals surface area (Å²) >= 11 is 7.46. The lowest BCUT2D eigenvalue weighted by Crippen LogP contribution is -2.30. The molecule has 17 heavy (non-hydrogen) atoms. The molecule has 2 nitrogen and oxygen atoms in total. The van der Waals surface area contributed by atoms with Gasteiger partial charge < -0.3 is 4.90 Å². The summed E-state index contributed by atoms with van der Waals surface area (Å²) in [6.07, 6.45) is 2.23. The van der Waals surface area contributed by atoms with E-state index in [9.17, 15) is 0 Å².